The van der Waals surface area contributed by atoms with Crippen LogP contribution in [-0.2, 0) is 4.79 Å². The van der Waals surface area contributed by atoms with E-state index < -0.39 is 0 Å². The van der Waals surface area contributed by atoms with E-state index in [2.05, 4.69) is 0 Å². The van der Waals surface area contributed by atoms with Crippen molar-refractivity contribution < 1.29 is 9.53 Å². The number of carbonyl (C=O) groups excluding carboxylic acids is 1. The van der Waals surface area contributed by atoms with Crippen molar-refractivity contribution in [3.05, 3.63) is 23.8 Å². The van der Waals surface area contributed by atoms with Crippen molar-refractivity contribution >= 4 is 28.8 Å². The number of nitrogens with zero attached hydrogens (tertiary/aromatic N) is 2. The molecule has 2 N–H and O–H groups in total. The second-order valence-corrected chi connectivity index (χ2v) is 4.92. The first-order valence-corrected chi connectivity index (χ1v) is 6.40. The number of hydrogen-bond donors (Lipinski definition) is 1. The summed E-state index contributed by atoms with van der Waals surface area (Å²) in [6, 6.07) is 5.52. The van der Waals surface area contributed by atoms with Gasteiger partial charge in [-0.15, -0.1) is 0 Å². The second kappa shape index (κ2) is 5.44. The lowest BCUT2D eigenvalue weighted by Gasteiger charge is -2.34. The fourth-order valence-electron chi connectivity index (χ4n) is 2.07. The standard InChI is InChI=1S/C13H17N3O2S/c1-15-5-6-16(8-12(15)17)11-7-9(18-2)3-4-10(11)13(14)19/h3-4,7H,5-6,8H2,1-2H3,(H2,14,19). The maximum absolute atomic E-state index is 11.8. The van der Waals surface area contributed by atoms with E-state index in [0.717, 1.165) is 23.5 Å². The molecule has 19 heavy (non-hydrogen) atoms. The van der Waals surface area contributed by atoms with Gasteiger partial charge in [0.1, 0.15) is 10.7 Å². The molecule has 0 unspecified atom stereocenters. The molecular weight excluding hydrogens is 262 g/mol. The molecule has 5 nitrogen and oxygen atoms in total. The SMILES string of the molecule is COc1ccc(C(N)=S)c(N2CCN(C)C(=O)C2)c1. The zero-order valence-corrected chi connectivity index (χ0v) is 11.9. The van der Waals surface area contributed by atoms with Crippen LogP contribution in [0.4, 0.5) is 5.69 Å². The molecular formula is C13H17N3O2S. The van der Waals surface area contributed by atoms with Crippen LogP contribution in [-0.4, -0.2) is 49.6 Å². The Hall–Kier alpha value is -1.82. The van der Waals surface area contributed by atoms with Crippen molar-refractivity contribution in [2.45, 2.75) is 0 Å². The van der Waals surface area contributed by atoms with E-state index in [4.69, 9.17) is 22.7 Å². The third-order valence-electron chi connectivity index (χ3n) is 3.27. The van der Waals surface area contributed by atoms with Gasteiger partial charge in [0, 0.05) is 31.8 Å². The minimum Gasteiger partial charge on any atom is -0.497 e. The van der Waals surface area contributed by atoms with E-state index >= 15 is 0 Å². The van der Waals surface area contributed by atoms with Gasteiger partial charge in [0.05, 0.1) is 19.3 Å². The highest BCUT2D eigenvalue weighted by Crippen LogP contribution is 2.27. The zero-order chi connectivity index (χ0) is 14.0. The summed E-state index contributed by atoms with van der Waals surface area (Å²) >= 11 is 5.07. The maximum Gasteiger partial charge on any atom is 0.241 e. The number of thiocarbonyl (C=S) groups is 1. The van der Waals surface area contributed by atoms with Crippen LogP contribution in [0.25, 0.3) is 0 Å². The van der Waals surface area contributed by atoms with Gasteiger partial charge in [-0.3, -0.25) is 4.79 Å². The molecule has 1 saturated heterocycles. The summed E-state index contributed by atoms with van der Waals surface area (Å²) in [4.78, 5) is 15.8. The van der Waals surface area contributed by atoms with Crippen molar-refractivity contribution in [2.75, 3.05) is 38.7 Å². The average molecular weight is 279 g/mol. The highest BCUT2D eigenvalue weighted by molar-refractivity contribution is 7.80. The summed E-state index contributed by atoms with van der Waals surface area (Å²) in [7, 11) is 3.41. The second-order valence-electron chi connectivity index (χ2n) is 4.48. The Morgan fingerprint density at radius 2 is 2.16 bits per heavy atom. The number of nitrogens with two attached hydrogens (primary N) is 1. The quantitative estimate of drug-likeness (QED) is 0.822. The smallest absolute Gasteiger partial charge is 0.241 e. The molecule has 0 aliphatic carbocycles. The van der Waals surface area contributed by atoms with Crippen molar-refractivity contribution in [2.24, 2.45) is 5.73 Å². The van der Waals surface area contributed by atoms with E-state index in [1.54, 1.807) is 19.1 Å². The Bertz CT molecular complexity index is 519. The Labute approximate surface area is 117 Å². The lowest BCUT2D eigenvalue weighted by molar-refractivity contribution is -0.129. The summed E-state index contributed by atoms with van der Waals surface area (Å²) in [5, 5.41) is 0. The summed E-state index contributed by atoms with van der Waals surface area (Å²) in [5.41, 5.74) is 7.37. The highest BCUT2D eigenvalue weighted by atomic mass is 32.1. The molecule has 0 aromatic heterocycles. The first kappa shape index (κ1) is 13.6. The van der Waals surface area contributed by atoms with Gasteiger partial charge in [0.25, 0.3) is 0 Å². The third kappa shape index (κ3) is 2.78. The predicted octanol–water partition coefficient (Wildman–Crippen LogP) is 0.608. The molecule has 1 heterocycles. The molecule has 0 atom stereocenters. The summed E-state index contributed by atoms with van der Waals surface area (Å²) in [6.45, 7) is 1.77. The fraction of sp³-hybridized carbons (Fsp3) is 0.385. The molecule has 1 aliphatic rings. The number of piperazine rings is 1. The molecule has 2 rings (SSSR count). The molecule has 0 radical (unpaired) electrons. The molecule has 0 bridgehead atoms. The van der Waals surface area contributed by atoms with Gasteiger partial charge < -0.3 is 20.3 Å². The van der Waals surface area contributed by atoms with E-state index in [0.29, 0.717) is 18.1 Å². The van der Waals surface area contributed by atoms with E-state index in [1.165, 1.54) is 0 Å². The predicted molar refractivity (Wildman–Crippen MR) is 78.7 cm³/mol. The molecule has 0 saturated carbocycles. The van der Waals surface area contributed by atoms with Crippen molar-refractivity contribution in [3.63, 3.8) is 0 Å². The van der Waals surface area contributed by atoms with Crippen molar-refractivity contribution in [1.29, 1.82) is 0 Å². The van der Waals surface area contributed by atoms with Crippen LogP contribution in [0.15, 0.2) is 18.2 Å². The van der Waals surface area contributed by atoms with Crippen LogP contribution in [0.2, 0.25) is 0 Å². The Morgan fingerprint density at radius 1 is 1.42 bits per heavy atom. The first-order chi connectivity index (χ1) is 9.02. The minimum atomic E-state index is 0.0861. The topological polar surface area (TPSA) is 58.8 Å². The number of amides is 1. The van der Waals surface area contributed by atoms with Crippen molar-refractivity contribution in [3.8, 4) is 5.75 Å². The Balaban J connectivity index is 2.36. The fourth-order valence-corrected chi connectivity index (χ4v) is 2.25. The molecule has 1 aromatic carbocycles. The number of benzene rings is 1. The minimum absolute atomic E-state index is 0.0861. The molecule has 1 aromatic rings. The normalized spacial score (nSPS) is 15.6. The third-order valence-corrected chi connectivity index (χ3v) is 3.49. The number of carbonyl (C=O) groups is 1. The Kier molecular flexibility index (Phi) is 3.90. The number of rotatable bonds is 3. The van der Waals surface area contributed by atoms with Gasteiger partial charge in [-0.2, -0.15) is 0 Å². The number of likely N-dealkylation sites (N-methyl/N-ethyl adjacent to an activating group) is 1. The van der Waals surface area contributed by atoms with Crippen LogP contribution in [0.3, 0.4) is 0 Å². The summed E-state index contributed by atoms with van der Waals surface area (Å²) < 4.78 is 5.22. The van der Waals surface area contributed by atoms with Crippen LogP contribution in [0, 0.1) is 0 Å². The summed E-state index contributed by atoms with van der Waals surface area (Å²) in [6.07, 6.45) is 0. The highest BCUT2D eigenvalue weighted by Gasteiger charge is 2.23. The van der Waals surface area contributed by atoms with Gasteiger partial charge >= 0.3 is 0 Å². The van der Waals surface area contributed by atoms with Gasteiger partial charge in [-0.05, 0) is 12.1 Å². The molecule has 1 fully saturated rings. The number of methoxy groups -OCH3 is 1. The van der Waals surface area contributed by atoms with Gasteiger partial charge in [0.15, 0.2) is 0 Å². The molecule has 1 amide bonds. The molecule has 102 valence electrons. The number of anilines is 1. The Morgan fingerprint density at radius 3 is 2.74 bits per heavy atom. The molecule has 0 spiro atoms. The maximum atomic E-state index is 11.8. The summed E-state index contributed by atoms with van der Waals surface area (Å²) in [5.74, 6) is 0.810. The lowest BCUT2D eigenvalue weighted by atomic mass is 10.1. The van der Waals surface area contributed by atoms with Crippen LogP contribution >= 0.6 is 12.2 Å². The molecule has 6 heteroatoms. The number of hydrogen-bond acceptors (Lipinski definition) is 4. The van der Waals surface area contributed by atoms with Crippen LogP contribution < -0.4 is 15.4 Å². The first-order valence-electron chi connectivity index (χ1n) is 5.99. The van der Waals surface area contributed by atoms with Gasteiger partial charge in [-0.1, -0.05) is 12.2 Å². The largest absolute Gasteiger partial charge is 0.497 e. The van der Waals surface area contributed by atoms with Crippen molar-refractivity contribution in [1.82, 2.24) is 4.90 Å². The van der Waals surface area contributed by atoms with Gasteiger partial charge in [0.2, 0.25) is 5.91 Å². The zero-order valence-electron chi connectivity index (χ0n) is 11.0. The van der Waals surface area contributed by atoms with Crippen LogP contribution in [0.5, 0.6) is 5.75 Å². The monoisotopic (exact) mass is 279 g/mol. The van der Waals surface area contributed by atoms with Gasteiger partial charge in [-0.25, -0.2) is 0 Å². The number of ether oxygens (including phenoxy) is 1. The lowest BCUT2D eigenvalue weighted by Crippen LogP contribution is -2.49. The molecule has 1 aliphatic heterocycles. The van der Waals surface area contributed by atoms with E-state index in [-0.39, 0.29) is 5.91 Å². The van der Waals surface area contributed by atoms with E-state index in [9.17, 15) is 4.79 Å². The average Bonchev–Trinajstić information content (AvgIpc) is 2.41. The van der Waals surface area contributed by atoms with Crippen LogP contribution in [0.1, 0.15) is 5.56 Å². The van der Waals surface area contributed by atoms with E-state index in [1.807, 2.05) is 23.1 Å².